The number of aliphatic hydroxyl groups excluding tert-OH is 1. The summed E-state index contributed by atoms with van der Waals surface area (Å²) < 4.78 is 4.55. The number of esters is 1. The van der Waals surface area contributed by atoms with Crippen LogP contribution in [0.1, 0.15) is 26.2 Å². The van der Waals surface area contributed by atoms with E-state index in [-0.39, 0.29) is 13.2 Å². The molecule has 1 atom stereocenters. The minimum Gasteiger partial charge on any atom is -0.467 e. The highest BCUT2D eigenvalue weighted by molar-refractivity contribution is 5.78. The van der Waals surface area contributed by atoms with Crippen molar-refractivity contribution in [2.75, 3.05) is 26.8 Å². The molecule has 2 N–H and O–H groups in total. The highest BCUT2D eigenvalue weighted by atomic mass is 16.5. The number of nitrogens with zero attached hydrogens (tertiary/aromatic N) is 1. The number of hydrogen-bond donors (Lipinski definition) is 2. The molecule has 5 nitrogen and oxygen atoms in total. The second kappa shape index (κ2) is 5.61. The average Bonchev–Trinajstić information content (AvgIpc) is 2.13. The summed E-state index contributed by atoms with van der Waals surface area (Å²) in [5.41, 5.74) is -1.50. The lowest BCUT2D eigenvalue weighted by molar-refractivity contribution is -0.163. The molecule has 94 valence electrons. The monoisotopic (exact) mass is 231 g/mol. The molecule has 1 unspecified atom stereocenters. The lowest BCUT2D eigenvalue weighted by Crippen LogP contribution is -2.53. The fourth-order valence-electron chi connectivity index (χ4n) is 1.95. The highest BCUT2D eigenvalue weighted by Gasteiger charge is 2.36. The highest BCUT2D eigenvalue weighted by Crippen LogP contribution is 2.26. The first kappa shape index (κ1) is 13.4. The maximum Gasteiger partial charge on any atom is 0.338 e. The third-order valence-electron chi connectivity index (χ3n) is 3.11. The minimum absolute atomic E-state index is 0.0355. The van der Waals surface area contributed by atoms with Crippen molar-refractivity contribution >= 4 is 5.97 Å². The van der Waals surface area contributed by atoms with Crippen molar-refractivity contribution in [1.82, 2.24) is 4.90 Å². The number of rotatable bonds is 6. The van der Waals surface area contributed by atoms with Gasteiger partial charge in [-0.05, 0) is 19.8 Å². The molecule has 5 heteroatoms. The molecule has 1 rings (SSSR count). The van der Waals surface area contributed by atoms with Gasteiger partial charge in [0.25, 0.3) is 0 Å². The van der Waals surface area contributed by atoms with Crippen molar-refractivity contribution in [3.63, 3.8) is 0 Å². The van der Waals surface area contributed by atoms with E-state index in [0.29, 0.717) is 12.6 Å². The topological polar surface area (TPSA) is 70.0 Å². The van der Waals surface area contributed by atoms with Crippen LogP contribution in [0.2, 0.25) is 0 Å². The molecule has 0 heterocycles. The SMILES string of the molecule is COC(=O)C(C)(O)CN(CCO)C1CCC1. The Bertz CT molecular complexity index is 238. The van der Waals surface area contributed by atoms with Gasteiger partial charge in [0, 0.05) is 19.1 Å². The first-order valence-electron chi connectivity index (χ1n) is 5.67. The summed E-state index contributed by atoms with van der Waals surface area (Å²) in [6.07, 6.45) is 3.31. The third-order valence-corrected chi connectivity index (χ3v) is 3.11. The number of aliphatic hydroxyl groups is 2. The fraction of sp³-hybridized carbons (Fsp3) is 0.909. The van der Waals surface area contributed by atoms with Crippen LogP contribution in [0.3, 0.4) is 0 Å². The Morgan fingerprint density at radius 2 is 2.19 bits per heavy atom. The molecule has 0 aromatic rings. The Hall–Kier alpha value is -0.650. The number of ether oxygens (including phenoxy) is 1. The van der Waals surface area contributed by atoms with E-state index in [9.17, 15) is 9.90 Å². The maximum atomic E-state index is 11.3. The molecular weight excluding hydrogens is 210 g/mol. The van der Waals surface area contributed by atoms with Crippen molar-refractivity contribution in [3.8, 4) is 0 Å². The molecule has 0 aromatic carbocycles. The van der Waals surface area contributed by atoms with E-state index in [4.69, 9.17) is 5.11 Å². The Morgan fingerprint density at radius 3 is 2.56 bits per heavy atom. The van der Waals surface area contributed by atoms with Crippen LogP contribution in [0.4, 0.5) is 0 Å². The number of carbonyl (C=O) groups is 1. The Labute approximate surface area is 96.0 Å². The predicted octanol–water partition coefficient (Wildman–Crippen LogP) is -0.243. The van der Waals surface area contributed by atoms with Crippen LogP contribution in [0.15, 0.2) is 0 Å². The molecule has 0 aromatic heterocycles. The van der Waals surface area contributed by atoms with E-state index in [1.807, 2.05) is 4.90 Å². The molecular formula is C11H21NO4. The van der Waals surface area contributed by atoms with Crippen LogP contribution in [0.5, 0.6) is 0 Å². The van der Waals surface area contributed by atoms with Gasteiger partial charge in [-0.3, -0.25) is 4.90 Å². The van der Waals surface area contributed by atoms with Gasteiger partial charge in [-0.2, -0.15) is 0 Å². The van der Waals surface area contributed by atoms with Gasteiger partial charge in [0.2, 0.25) is 0 Å². The zero-order valence-electron chi connectivity index (χ0n) is 9.98. The van der Waals surface area contributed by atoms with E-state index >= 15 is 0 Å². The summed E-state index contributed by atoms with van der Waals surface area (Å²) in [6.45, 7) is 2.18. The summed E-state index contributed by atoms with van der Waals surface area (Å²) in [4.78, 5) is 13.3. The fourth-order valence-corrected chi connectivity index (χ4v) is 1.95. The Balaban J connectivity index is 2.55. The van der Waals surface area contributed by atoms with Gasteiger partial charge >= 0.3 is 5.97 Å². The molecule has 16 heavy (non-hydrogen) atoms. The van der Waals surface area contributed by atoms with Gasteiger partial charge in [0.1, 0.15) is 0 Å². The Kier molecular flexibility index (Phi) is 4.70. The summed E-state index contributed by atoms with van der Waals surface area (Å²) >= 11 is 0. The molecule has 1 fully saturated rings. The number of carbonyl (C=O) groups excluding carboxylic acids is 1. The lowest BCUT2D eigenvalue weighted by Gasteiger charge is -2.40. The minimum atomic E-state index is -1.50. The van der Waals surface area contributed by atoms with Gasteiger partial charge < -0.3 is 14.9 Å². The van der Waals surface area contributed by atoms with Crippen LogP contribution in [0, 0.1) is 0 Å². The average molecular weight is 231 g/mol. The smallest absolute Gasteiger partial charge is 0.338 e. The van der Waals surface area contributed by atoms with E-state index < -0.39 is 11.6 Å². The number of methoxy groups -OCH3 is 1. The summed E-state index contributed by atoms with van der Waals surface area (Å²) in [6, 6.07) is 0.378. The molecule has 0 radical (unpaired) electrons. The van der Waals surface area contributed by atoms with Crippen molar-refractivity contribution in [2.24, 2.45) is 0 Å². The van der Waals surface area contributed by atoms with E-state index in [0.717, 1.165) is 12.8 Å². The molecule has 0 spiro atoms. The standard InChI is InChI=1S/C11H21NO4/c1-11(15,10(14)16-2)8-12(6-7-13)9-4-3-5-9/h9,13,15H,3-8H2,1-2H3. The molecule has 1 aliphatic carbocycles. The predicted molar refractivity (Wildman–Crippen MR) is 58.9 cm³/mol. The second-order valence-electron chi connectivity index (χ2n) is 4.54. The first-order chi connectivity index (χ1) is 7.51. The quantitative estimate of drug-likeness (QED) is 0.617. The lowest BCUT2D eigenvalue weighted by atomic mass is 9.90. The van der Waals surface area contributed by atoms with E-state index in [1.165, 1.54) is 20.5 Å². The zero-order valence-corrected chi connectivity index (χ0v) is 9.98. The molecule has 0 amide bonds. The van der Waals surface area contributed by atoms with Crippen molar-refractivity contribution in [2.45, 2.75) is 37.8 Å². The van der Waals surface area contributed by atoms with E-state index in [1.54, 1.807) is 0 Å². The summed E-state index contributed by atoms with van der Waals surface area (Å²) in [5.74, 6) is -0.630. The summed E-state index contributed by atoms with van der Waals surface area (Å²) in [5, 5.41) is 18.9. The second-order valence-corrected chi connectivity index (χ2v) is 4.54. The largest absolute Gasteiger partial charge is 0.467 e. The molecule has 0 aliphatic heterocycles. The van der Waals surface area contributed by atoms with Gasteiger partial charge in [0.05, 0.1) is 13.7 Å². The number of hydrogen-bond acceptors (Lipinski definition) is 5. The van der Waals surface area contributed by atoms with Gasteiger partial charge in [-0.15, -0.1) is 0 Å². The van der Waals surface area contributed by atoms with Crippen molar-refractivity contribution in [3.05, 3.63) is 0 Å². The van der Waals surface area contributed by atoms with Crippen LogP contribution in [-0.4, -0.2) is 59.5 Å². The molecule has 1 saturated carbocycles. The molecule has 0 saturated heterocycles. The molecule has 1 aliphatic rings. The van der Waals surface area contributed by atoms with E-state index in [2.05, 4.69) is 4.74 Å². The Morgan fingerprint density at radius 1 is 1.56 bits per heavy atom. The zero-order chi connectivity index (χ0) is 12.2. The normalized spacial score (nSPS) is 20.3. The van der Waals surface area contributed by atoms with Crippen LogP contribution < -0.4 is 0 Å². The first-order valence-corrected chi connectivity index (χ1v) is 5.67. The molecule has 0 bridgehead atoms. The maximum absolute atomic E-state index is 11.3. The van der Waals surface area contributed by atoms with Crippen LogP contribution in [-0.2, 0) is 9.53 Å². The van der Waals surface area contributed by atoms with Gasteiger partial charge in [-0.25, -0.2) is 4.79 Å². The van der Waals surface area contributed by atoms with Crippen LogP contribution in [0.25, 0.3) is 0 Å². The van der Waals surface area contributed by atoms with Gasteiger partial charge in [-0.1, -0.05) is 6.42 Å². The van der Waals surface area contributed by atoms with Gasteiger partial charge in [0.15, 0.2) is 5.60 Å². The van der Waals surface area contributed by atoms with Crippen molar-refractivity contribution in [1.29, 1.82) is 0 Å². The summed E-state index contributed by atoms with van der Waals surface area (Å²) in [7, 11) is 1.26. The van der Waals surface area contributed by atoms with Crippen LogP contribution >= 0.6 is 0 Å². The third kappa shape index (κ3) is 3.17. The van der Waals surface area contributed by atoms with Crippen molar-refractivity contribution < 1.29 is 19.7 Å².